The number of nitro benzene ring substituents is 1. The molecule has 0 atom stereocenters. The Morgan fingerprint density at radius 2 is 1.96 bits per heavy atom. The van der Waals surface area contributed by atoms with Gasteiger partial charge in [0.2, 0.25) is 0 Å². The highest BCUT2D eigenvalue weighted by Gasteiger charge is 2.18. The van der Waals surface area contributed by atoms with E-state index < -0.39 is 14.8 Å². The average molecular weight is 426 g/mol. The van der Waals surface area contributed by atoms with E-state index in [1.165, 1.54) is 21.9 Å². The summed E-state index contributed by atoms with van der Waals surface area (Å²) in [5, 5.41) is 20.5. The Labute approximate surface area is 168 Å². The molecule has 1 heterocycles. The van der Waals surface area contributed by atoms with Crippen molar-refractivity contribution in [2.45, 2.75) is 18.4 Å². The minimum atomic E-state index is -3.51. The molecule has 0 aliphatic rings. The van der Waals surface area contributed by atoms with E-state index in [2.05, 4.69) is 40.0 Å². The van der Waals surface area contributed by atoms with Crippen LogP contribution in [0.3, 0.4) is 0 Å². The van der Waals surface area contributed by atoms with Crippen molar-refractivity contribution >= 4 is 38.5 Å². The third-order valence-electron chi connectivity index (χ3n) is 3.78. The van der Waals surface area contributed by atoms with E-state index >= 15 is 0 Å². The van der Waals surface area contributed by atoms with E-state index in [9.17, 15) is 18.5 Å². The van der Waals surface area contributed by atoms with Crippen LogP contribution >= 0.6 is 11.3 Å². The summed E-state index contributed by atoms with van der Waals surface area (Å²) in [7, 11) is -1.85. The lowest BCUT2D eigenvalue weighted by Gasteiger charge is -2.12. The summed E-state index contributed by atoms with van der Waals surface area (Å²) in [4.78, 5) is 17.1. The number of hydrogen-bond acceptors (Lipinski definition) is 7. The minimum Gasteiger partial charge on any atom is -0.378 e. The van der Waals surface area contributed by atoms with Gasteiger partial charge in [-0.3, -0.25) is 15.1 Å². The number of thiophene rings is 1. The average Bonchev–Trinajstić information content (AvgIpc) is 3.05. The zero-order valence-corrected chi connectivity index (χ0v) is 17.5. The van der Waals surface area contributed by atoms with Gasteiger partial charge >= 0.3 is 0 Å². The number of aliphatic imine (C=N–C) groups is 1. The van der Waals surface area contributed by atoms with Gasteiger partial charge < -0.3 is 16.0 Å². The summed E-state index contributed by atoms with van der Waals surface area (Å²) in [5.74, 6) is 0.620. The van der Waals surface area contributed by atoms with Gasteiger partial charge in [0.1, 0.15) is 5.69 Å². The lowest BCUT2D eigenvalue weighted by Crippen LogP contribution is -2.39. The largest absolute Gasteiger partial charge is 0.378 e. The smallest absolute Gasteiger partial charge is 0.293 e. The lowest BCUT2D eigenvalue weighted by molar-refractivity contribution is -0.384. The molecule has 0 aliphatic heterocycles. The molecule has 152 valence electrons. The number of nitrogens with one attached hydrogen (secondary N) is 3. The molecule has 0 unspecified atom stereocenters. The Balaban J connectivity index is 1.89. The van der Waals surface area contributed by atoms with Gasteiger partial charge in [-0.1, -0.05) is 0 Å². The fourth-order valence-electron chi connectivity index (χ4n) is 2.39. The summed E-state index contributed by atoms with van der Waals surface area (Å²) >= 11 is 1.71. The summed E-state index contributed by atoms with van der Waals surface area (Å²) in [5.41, 5.74) is -0.0188. The molecule has 28 heavy (non-hydrogen) atoms. The Bertz CT molecular complexity index is 970. The van der Waals surface area contributed by atoms with Crippen molar-refractivity contribution in [1.82, 2.24) is 10.6 Å². The number of sulfone groups is 1. The third-order valence-corrected chi connectivity index (χ3v) is 5.89. The van der Waals surface area contributed by atoms with Crippen LogP contribution in [0.15, 0.2) is 40.2 Å². The fraction of sp³-hybridized carbons (Fsp3) is 0.353. The Kier molecular flexibility index (Phi) is 7.35. The number of aryl methyl sites for hydroxylation is 1. The molecule has 0 bridgehead atoms. The Morgan fingerprint density at radius 3 is 2.54 bits per heavy atom. The molecule has 0 amide bonds. The number of guanidine groups is 1. The second kappa shape index (κ2) is 9.51. The predicted molar refractivity (Wildman–Crippen MR) is 112 cm³/mol. The number of anilines is 1. The first-order valence-electron chi connectivity index (χ1n) is 8.43. The van der Waals surface area contributed by atoms with Crippen LogP contribution in [0.1, 0.15) is 9.75 Å². The maximum Gasteiger partial charge on any atom is 0.293 e. The first kappa shape index (κ1) is 21.6. The topological polar surface area (TPSA) is 126 Å². The molecule has 0 saturated heterocycles. The van der Waals surface area contributed by atoms with E-state index in [1.54, 1.807) is 18.4 Å². The van der Waals surface area contributed by atoms with Gasteiger partial charge in [0.25, 0.3) is 5.69 Å². The van der Waals surface area contributed by atoms with E-state index in [0.717, 1.165) is 12.3 Å². The van der Waals surface area contributed by atoms with Gasteiger partial charge in [-0.25, -0.2) is 8.42 Å². The highest BCUT2D eigenvalue weighted by atomic mass is 32.2. The molecule has 0 aliphatic carbocycles. The molecule has 9 nitrogen and oxygen atoms in total. The van der Waals surface area contributed by atoms with Crippen molar-refractivity contribution in [1.29, 1.82) is 0 Å². The fourth-order valence-corrected chi connectivity index (χ4v) is 3.86. The number of nitro groups is 1. The number of benzene rings is 1. The molecule has 0 fully saturated rings. The molecular weight excluding hydrogens is 402 g/mol. The number of nitrogens with zero attached hydrogens (tertiary/aromatic N) is 2. The SMILES string of the molecule is CN=C(NCCNc1ccc(S(C)(=O)=O)cc1[N+](=O)[O-])NCc1ccc(C)s1. The van der Waals surface area contributed by atoms with Crippen molar-refractivity contribution in [3.8, 4) is 0 Å². The summed E-state index contributed by atoms with van der Waals surface area (Å²) in [6.07, 6.45) is 1.01. The number of rotatable bonds is 8. The van der Waals surface area contributed by atoms with Crippen molar-refractivity contribution in [2.24, 2.45) is 4.99 Å². The van der Waals surface area contributed by atoms with Crippen molar-refractivity contribution in [3.05, 3.63) is 50.2 Å². The molecule has 3 N–H and O–H groups in total. The molecule has 0 spiro atoms. The summed E-state index contributed by atoms with van der Waals surface area (Å²) < 4.78 is 23.2. The minimum absolute atomic E-state index is 0.0868. The van der Waals surface area contributed by atoms with Crippen molar-refractivity contribution in [3.63, 3.8) is 0 Å². The molecule has 11 heteroatoms. The Hall–Kier alpha value is -2.66. The molecule has 0 saturated carbocycles. The summed E-state index contributed by atoms with van der Waals surface area (Å²) in [6.45, 7) is 3.56. The van der Waals surface area contributed by atoms with Gasteiger partial charge in [-0.15, -0.1) is 11.3 Å². The van der Waals surface area contributed by atoms with E-state index in [1.807, 2.05) is 0 Å². The van der Waals surface area contributed by atoms with E-state index in [-0.39, 0.29) is 16.3 Å². The van der Waals surface area contributed by atoms with Crippen molar-refractivity contribution in [2.75, 3.05) is 31.7 Å². The standard InChI is InChI=1S/C17H23N5O4S2/c1-12-4-5-13(27-12)11-21-17(18-2)20-9-8-19-15-7-6-14(28(3,25)26)10-16(15)22(23)24/h4-7,10,19H,8-9,11H2,1-3H3,(H2,18,20,21). The zero-order chi connectivity index (χ0) is 20.7. The second-order valence-corrected chi connectivity index (χ2v) is 9.39. The molecule has 1 aromatic carbocycles. The molecular formula is C17H23N5O4S2. The maximum absolute atomic E-state index is 11.6. The number of hydrogen-bond donors (Lipinski definition) is 3. The van der Waals surface area contributed by atoms with Crippen LogP contribution in [0.2, 0.25) is 0 Å². The molecule has 0 radical (unpaired) electrons. The van der Waals surface area contributed by atoms with E-state index in [0.29, 0.717) is 25.6 Å². The van der Waals surface area contributed by atoms with Gasteiger partial charge in [-0.2, -0.15) is 0 Å². The normalized spacial score (nSPS) is 11.9. The second-order valence-electron chi connectivity index (χ2n) is 6.00. The van der Waals surface area contributed by atoms with Crippen LogP contribution in [-0.2, 0) is 16.4 Å². The maximum atomic E-state index is 11.6. The molecule has 1 aromatic heterocycles. The summed E-state index contributed by atoms with van der Waals surface area (Å²) in [6, 6.07) is 7.93. The van der Waals surface area contributed by atoms with Crippen LogP contribution in [0.25, 0.3) is 0 Å². The van der Waals surface area contributed by atoms with Gasteiger partial charge in [0.15, 0.2) is 15.8 Å². The molecule has 2 rings (SSSR count). The Morgan fingerprint density at radius 1 is 1.21 bits per heavy atom. The van der Waals surface area contributed by atoms with Gasteiger partial charge in [0, 0.05) is 42.2 Å². The highest BCUT2D eigenvalue weighted by molar-refractivity contribution is 7.90. The van der Waals surface area contributed by atoms with Crippen molar-refractivity contribution < 1.29 is 13.3 Å². The van der Waals surface area contributed by atoms with Crippen LogP contribution in [0.4, 0.5) is 11.4 Å². The van der Waals surface area contributed by atoms with Gasteiger partial charge in [-0.05, 0) is 31.2 Å². The van der Waals surface area contributed by atoms with Crippen LogP contribution in [-0.4, -0.2) is 45.7 Å². The first-order chi connectivity index (χ1) is 13.2. The van der Waals surface area contributed by atoms with Crippen LogP contribution in [0.5, 0.6) is 0 Å². The molecule has 2 aromatic rings. The van der Waals surface area contributed by atoms with Gasteiger partial charge in [0.05, 0.1) is 16.4 Å². The van der Waals surface area contributed by atoms with E-state index in [4.69, 9.17) is 0 Å². The monoisotopic (exact) mass is 425 g/mol. The highest BCUT2D eigenvalue weighted by Crippen LogP contribution is 2.27. The third kappa shape index (κ3) is 6.20. The predicted octanol–water partition coefficient (Wildman–Crippen LogP) is 2.15. The first-order valence-corrected chi connectivity index (χ1v) is 11.1. The zero-order valence-electron chi connectivity index (χ0n) is 15.9. The quantitative estimate of drug-likeness (QED) is 0.194. The lowest BCUT2D eigenvalue weighted by atomic mass is 10.2. The van der Waals surface area contributed by atoms with Crippen LogP contribution < -0.4 is 16.0 Å². The van der Waals surface area contributed by atoms with Crippen LogP contribution in [0, 0.1) is 17.0 Å².